The fraction of sp³-hybridized carbons (Fsp3) is 0. The van der Waals surface area contributed by atoms with Crippen molar-refractivity contribution < 1.29 is 0 Å². The predicted molar refractivity (Wildman–Crippen MR) is 71.8 cm³/mol. The van der Waals surface area contributed by atoms with Crippen LogP contribution >= 0.6 is 23.2 Å². The lowest BCUT2D eigenvalue weighted by atomic mass is 10.1. The number of hydrogen-bond acceptors (Lipinski definition) is 0. The van der Waals surface area contributed by atoms with E-state index < -0.39 is 0 Å². The highest BCUT2D eigenvalue weighted by Gasteiger charge is 1.90. The largest absolute Gasteiger partial charge is 0.0843 e. The molecule has 16 heavy (non-hydrogen) atoms. The van der Waals surface area contributed by atoms with Crippen molar-refractivity contribution in [3.05, 3.63) is 69.7 Å². The first-order valence-corrected chi connectivity index (χ1v) is 5.69. The molecule has 0 atom stereocenters. The second-order valence-corrected chi connectivity index (χ2v) is 4.31. The third-order valence-corrected chi connectivity index (χ3v) is 2.67. The Hall–Kier alpha value is -1.24. The van der Waals surface area contributed by atoms with Crippen LogP contribution in [0.2, 0.25) is 10.0 Å². The van der Waals surface area contributed by atoms with E-state index >= 15 is 0 Å². The van der Waals surface area contributed by atoms with Crippen molar-refractivity contribution in [2.24, 2.45) is 0 Å². The molecule has 2 aromatic carbocycles. The molecule has 0 aliphatic rings. The summed E-state index contributed by atoms with van der Waals surface area (Å²) in [5.41, 5.74) is 2.20. The number of rotatable bonds is 2. The summed E-state index contributed by atoms with van der Waals surface area (Å²) in [5.74, 6) is 0. The topological polar surface area (TPSA) is 0 Å². The van der Waals surface area contributed by atoms with Gasteiger partial charge in [0.25, 0.3) is 0 Å². The summed E-state index contributed by atoms with van der Waals surface area (Å²) in [6.45, 7) is 0. The lowest BCUT2D eigenvalue weighted by Gasteiger charge is -1.95. The van der Waals surface area contributed by atoms with E-state index in [4.69, 9.17) is 23.2 Å². The molecule has 0 aliphatic carbocycles. The Morgan fingerprint density at radius 3 is 2.06 bits per heavy atom. The molecule has 0 nitrogen and oxygen atoms in total. The van der Waals surface area contributed by atoms with Crippen LogP contribution in [0.3, 0.4) is 0 Å². The van der Waals surface area contributed by atoms with Gasteiger partial charge in [0.05, 0.1) is 0 Å². The summed E-state index contributed by atoms with van der Waals surface area (Å²) < 4.78 is 0. The maximum atomic E-state index is 5.90. The molecule has 0 amide bonds. The molecule has 80 valence electrons. The zero-order valence-electron chi connectivity index (χ0n) is 8.53. The Balaban J connectivity index is 2.18. The summed E-state index contributed by atoms with van der Waals surface area (Å²) in [7, 11) is 0. The summed E-state index contributed by atoms with van der Waals surface area (Å²) in [5, 5.41) is 1.50. The van der Waals surface area contributed by atoms with Crippen LogP contribution in [0, 0.1) is 0 Å². The van der Waals surface area contributed by atoms with Gasteiger partial charge >= 0.3 is 0 Å². The average Bonchev–Trinajstić information content (AvgIpc) is 2.28. The average molecular weight is 249 g/mol. The highest BCUT2D eigenvalue weighted by atomic mass is 35.5. The Kier molecular flexibility index (Phi) is 3.66. The minimum atomic E-state index is 0.748. The zero-order chi connectivity index (χ0) is 11.4. The molecule has 0 aromatic heterocycles. The summed E-state index contributed by atoms with van der Waals surface area (Å²) >= 11 is 11.7. The monoisotopic (exact) mass is 248 g/mol. The third-order valence-electron chi connectivity index (χ3n) is 2.19. The quantitative estimate of drug-likeness (QED) is 0.644. The molecule has 0 spiro atoms. The molecule has 0 fully saturated rings. The Labute approximate surface area is 105 Å². The van der Waals surface area contributed by atoms with Gasteiger partial charge in [-0.15, -0.1) is 0 Å². The van der Waals surface area contributed by atoms with Crippen LogP contribution in [0.1, 0.15) is 11.1 Å². The van der Waals surface area contributed by atoms with Crippen molar-refractivity contribution in [1.82, 2.24) is 0 Å². The van der Waals surface area contributed by atoms with E-state index in [1.807, 2.05) is 60.7 Å². The minimum absolute atomic E-state index is 0.748. The standard InChI is InChI=1S/C14H10Cl2/c15-13-8-6-11(7-9-13)4-5-12-2-1-3-14(16)10-12/h1-10H. The van der Waals surface area contributed by atoms with Crippen molar-refractivity contribution in [3.63, 3.8) is 0 Å². The molecule has 0 bridgehead atoms. The lowest BCUT2D eigenvalue weighted by Crippen LogP contribution is -1.73. The van der Waals surface area contributed by atoms with Crippen LogP contribution < -0.4 is 0 Å². The molecule has 0 radical (unpaired) electrons. The van der Waals surface area contributed by atoms with Crippen LogP contribution in [0.5, 0.6) is 0 Å². The van der Waals surface area contributed by atoms with E-state index in [1.165, 1.54) is 0 Å². The van der Waals surface area contributed by atoms with Crippen LogP contribution in [0.25, 0.3) is 12.2 Å². The van der Waals surface area contributed by atoms with Crippen molar-refractivity contribution in [2.45, 2.75) is 0 Å². The Morgan fingerprint density at radius 2 is 1.38 bits per heavy atom. The van der Waals surface area contributed by atoms with Gasteiger partial charge < -0.3 is 0 Å². The Morgan fingerprint density at radius 1 is 0.688 bits per heavy atom. The zero-order valence-corrected chi connectivity index (χ0v) is 10.0. The lowest BCUT2D eigenvalue weighted by molar-refractivity contribution is 1.64. The van der Waals surface area contributed by atoms with Gasteiger partial charge in [0.1, 0.15) is 0 Å². The summed E-state index contributed by atoms with van der Waals surface area (Å²) in [4.78, 5) is 0. The van der Waals surface area contributed by atoms with E-state index in [9.17, 15) is 0 Å². The molecule has 2 rings (SSSR count). The summed E-state index contributed by atoms with van der Waals surface area (Å²) in [6, 6.07) is 15.4. The fourth-order valence-corrected chi connectivity index (χ4v) is 1.70. The van der Waals surface area contributed by atoms with Crippen LogP contribution in [0.4, 0.5) is 0 Å². The van der Waals surface area contributed by atoms with Crippen molar-refractivity contribution >= 4 is 35.4 Å². The van der Waals surface area contributed by atoms with E-state index in [0.717, 1.165) is 21.2 Å². The molecule has 0 saturated heterocycles. The molecular formula is C14H10Cl2. The van der Waals surface area contributed by atoms with Crippen LogP contribution in [-0.2, 0) is 0 Å². The van der Waals surface area contributed by atoms with Crippen molar-refractivity contribution in [3.8, 4) is 0 Å². The van der Waals surface area contributed by atoms with E-state index in [1.54, 1.807) is 0 Å². The van der Waals surface area contributed by atoms with Gasteiger partial charge in [0.15, 0.2) is 0 Å². The van der Waals surface area contributed by atoms with Gasteiger partial charge in [0, 0.05) is 10.0 Å². The molecule has 0 unspecified atom stereocenters. The number of benzene rings is 2. The van der Waals surface area contributed by atoms with Crippen molar-refractivity contribution in [1.29, 1.82) is 0 Å². The second kappa shape index (κ2) is 5.20. The molecule has 2 aromatic rings. The van der Waals surface area contributed by atoms with Crippen LogP contribution in [0.15, 0.2) is 48.5 Å². The number of halogens is 2. The maximum absolute atomic E-state index is 5.90. The van der Waals surface area contributed by atoms with E-state index in [0.29, 0.717) is 0 Å². The Bertz CT molecular complexity index is 498. The van der Waals surface area contributed by atoms with Gasteiger partial charge in [0.2, 0.25) is 0 Å². The molecule has 0 aliphatic heterocycles. The predicted octanol–water partition coefficient (Wildman–Crippen LogP) is 5.16. The third kappa shape index (κ3) is 3.13. The van der Waals surface area contributed by atoms with Gasteiger partial charge in [-0.2, -0.15) is 0 Å². The molecular weight excluding hydrogens is 239 g/mol. The SMILES string of the molecule is Clc1ccc(C=Cc2cccc(Cl)c2)cc1. The normalized spacial score (nSPS) is 10.9. The first-order chi connectivity index (χ1) is 7.74. The summed E-state index contributed by atoms with van der Waals surface area (Å²) in [6.07, 6.45) is 4.05. The van der Waals surface area contributed by atoms with Gasteiger partial charge in [-0.25, -0.2) is 0 Å². The van der Waals surface area contributed by atoms with Crippen LogP contribution in [-0.4, -0.2) is 0 Å². The van der Waals surface area contributed by atoms with Gasteiger partial charge in [-0.3, -0.25) is 0 Å². The molecule has 0 heterocycles. The maximum Gasteiger partial charge on any atom is 0.0411 e. The smallest absolute Gasteiger partial charge is 0.0411 e. The minimum Gasteiger partial charge on any atom is -0.0843 e. The first-order valence-electron chi connectivity index (χ1n) is 4.93. The fourth-order valence-electron chi connectivity index (χ4n) is 1.38. The van der Waals surface area contributed by atoms with Gasteiger partial charge in [-0.1, -0.05) is 59.6 Å². The number of hydrogen-bond donors (Lipinski definition) is 0. The first kappa shape index (κ1) is 11.3. The molecule has 2 heteroatoms. The second-order valence-electron chi connectivity index (χ2n) is 3.44. The van der Waals surface area contributed by atoms with Gasteiger partial charge in [-0.05, 0) is 35.4 Å². The molecule has 0 N–H and O–H groups in total. The highest BCUT2D eigenvalue weighted by Crippen LogP contribution is 2.15. The molecule has 0 saturated carbocycles. The van der Waals surface area contributed by atoms with E-state index in [2.05, 4.69) is 0 Å². The van der Waals surface area contributed by atoms with E-state index in [-0.39, 0.29) is 0 Å². The van der Waals surface area contributed by atoms with Crippen molar-refractivity contribution in [2.75, 3.05) is 0 Å². The highest BCUT2D eigenvalue weighted by molar-refractivity contribution is 6.31.